The Morgan fingerprint density at radius 2 is 2.50 bits per heavy atom. The largest absolute Gasteiger partial charge is 0.459 e. The van der Waals surface area contributed by atoms with Gasteiger partial charge in [-0.2, -0.15) is 0 Å². The first-order valence-electron chi connectivity index (χ1n) is 5.65. The van der Waals surface area contributed by atoms with Gasteiger partial charge in [0, 0.05) is 4.88 Å². The molecule has 1 atom stereocenters. The highest BCUT2D eigenvalue weighted by Gasteiger charge is 2.35. The molecule has 2 heterocycles. The molecular weight excluding hydrogens is 222 g/mol. The molecule has 1 unspecified atom stereocenters. The normalized spacial score (nSPS) is 25.3. The molecule has 88 valence electrons. The lowest BCUT2D eigenvalue weighted by Crippen LogP contribution is -2.52. The topological polar surface area (TPSA) is 38.3 Å². The number of ether oxygens (including phenoxy) is 1. The molecule has 0 radical (unpaired) electrons. The lowest BCUT2D eigenvalue weighted by Gasteiger charge is -2.32. The van der Waals surface area contributed by atoms with Crippen LogP contribution < -0.4 is 5.32 Å². The molecule has 0 saturated carbocycles. The fraction of sp³-hybridized carbons (Fsp3) is 0.583. The van der Waals surface area contributed by atoms with Gasteiger partial charge in [0.1, 0.15) is 12.1 Å². The first kappa shape index (κ1) is 11.6. The molecule has 1 aromatic rings. The number of esters is 1. The second-order valence-corrected chi connectivity index (χ2v) is 5.40. The van der Waals surface area contributed by atoms with E-state index >= 15 is 0 Å². The summed E-state index contributed by atoms with van der Waals surface area (Å²) in [4.78, 5) is 13.0. The van der Waals surface area contributed by atoms with Crippen LogP contribution in [0.3, 0.4) is 0 Å². The minimum absolute atomic E-state index is 0.124. The Balaban J connectivity index is 1.87. The predicted molar refractivity (Wildman–Crippen MR) is 64.4 cm³/mol. The molecule has 1 aliphatic heterocycles. The molecule has 0 bridgehead atoms. The average molecular weight is 239 g/mol. The van der Waals surface area contributed by atoms with E-state index < -0.39 is 5.54 Å². The van der Waals surface area contributed by atoms with E-state index in [-0.39, 0.29) is 5.97 Å². The molecule has 1 saturated heterocycles. The van der Waals surface area contributed by atoms with Crippen LogP contribution in [-0.2, 0) is 16.1 Å². The Kier molecular flexibility index (Phi) is 3.61. The first-order chi connectivity index (χ1) is 7.71. The summed E-state index contributed by atoms with van der Waals surface area (Å²) in [6.07, 6.45) is 3.11. The van der Waals surface area contributed by atoms with E-state index in [0.29, 0.717) is 6.61 Å². The van der Waals surface area contributed by atoms with Gasteiger partial charge >= 0.3 is 5.97 Å². The maximum atomic E-state index is 11.9. The SMILES string of the molecule is CC1(C(=O)OCc2cccs2)CCCCN1. The lowest BCUT2D eigenvalue weighted by atomic mass is 9.91. The van der Waals surface area contributed by atoms with Crippen molar-refractivity contribution in [3.8, 4) is 0 Å². The Bertz CT molecular complexity index is 342. The third-order valence-corrected chi connectivity index (χ3v) is 3.84. The minimum atomic E-state index is -0.477. The van der Waals surface area contributed by atoms with Gasteiger partial charge in [-0.3, -0.25) is 4.79 Å². The van der Waals surface area contributed by atoms with E-state index in [2.05, 4.69) is 5.32 Å². The standard InChI is InChI=1S/C12H17NO2S/c1-12(6-2-3-7-13-12)11(14)15-9-10-5-4-8-16-10/h4-5,8,13H,2-3,6-7,9H2,1H3. The van der Waals surface area contributed by atoms with Crippen molar-refractivity contribution in [3.63, 3.8) is 0 Å². The number of rotatable bonds is 3. The van der Waals surface area contributed by atoms with Crippen LogP contribution in [0.25, 0.3) is 0 Å². The van der Waals surface area contributed by atoms with Crippen molar-refractivity contribution >= 4 is 17.3 Å². The van der Waals surface area contributed by atoms with Crippen molar-refractivity contribution < 1.29 is 9.53 Å². The average Bonchev–Trinajstić information content (AvgIpc) is 2.79. The maximum Gasteiger partial charge on any atom is 0.326 e. The molecule has 0 aromatic carbocycles. The van der Waals surface area contributed by atoms with E-state index in [1.807, 2.05) is 24.4 Å². The highest BCUT2D eigenvalue weighted by Crippen LogP contribution is 2.21. The lowest BCUT2D eigenvalue weighted by molar-refractivity contribution is -0.153. The second-order valence-electron chi connectivity index (χ2n) is 4.37. The molecule has 16 heavy (non-hydrogen) atoms. The minimum Gasteiger partial charge on any atom is -0.459 e. The third kappa shape index (κ3) is 2.62. The van der Waals surface area contributed by atoms with Gasteiger partial charge in [-0.25, -0.2) is 0 Å². The van der Waals surface area contributed by atoms with E-state index in [1.54, 1.807) is 11.3 Å². The second kappa shape index (κ2) is 4.97. The molecule has 3 nitrogen and oxygen atoms in total. The van der Waals surface area contributed by atoms with E-state index in [9.17, 15) is 4.79 Å². The molecule has 1 N–H and O–H groups in total. The zero-order valence-electron chi connectivity index (χ0n) is 9.49. The Morgan fingerprint density at radius 3 is 3.12 bits per heavy atom. The van der Waals surface area contributed by atoms with E-state index in [0.717, 1.165) is 30.7 Å². The summed E-state index contributed by atoms with van der Waals surface area (Å²) in [6, 6.07) is 3.95. The van der Waals surface area contributed by atoms with E-state index in [1.165, 1.54) is 0 Å². The third-order valence-electron chi connectivity index (χ3n) is 2.99. The fourth-order valence-corrected chi connectivity index (χ4v) is 2.54. The Hall–Kier alpha value is -0.870. The molecule has 1 aliphatic rings. The molecule has 1 aromatic heterocycles. The molecule has 4 heteroatoms. The van der Waals surface area contributed by atoms with Crippen LogP contribution in [0.1, 0.15) is 31.1 Å². The highest BCUT2D eigenvalue weighted by atomic mass is 32.1. The van der Waals surface area contributed by atoms with Gasteiger partial charge in [0.15, 0.2) is 0 Å². The molecule has 2 rings (SSSR count). The number of hydrogen-bond acceptors (Lipinski definition) is 4. The summed E-state index contributed by atoms with van der Waals surface area (Å²) < 4.78 is 5.34. The van der Waals surface area contributed by atoms with Crippen LogP contribution in [0, 0.1) is 0 Å². The van der Waals surface area contributed by atoms with Crippen molar-refractivity contribution in [1.82, 2.24) is 5.32 Å². The molecule has 0 aliphatic carbocycles. The first-order valence-corrected chi connectivity index (χ1v) is 6.53. The van der Waals surface area contributed by atoms with Crippen molar-refractivity contribution in [1.29, 1.82) is 0 Å². The summed E-state index contributed by atoms with van der Waals surface area (Å²) >= 11 is 1.61. The number of hydrogen-bond donors (Lipinski definition) is 1. The Morgan fingerprint density at radius 1 is 1.62 bits per heavy atom. The van der Waals surface area contributed by atoms with Crippen molar-refractivity contribution in [2.45, 2.75) is 38.3 Å². The van der Waals surface area contributed by atoms with Crippen LogP contribution in [0.4, 0.5) is 0 Å². The van der Waals surface area contributed by atoms with Crippen LogP contribution in [0.2, 0.25) is 0 Å². The molecular formula is C12H17NO2S. The van der Waals surface area contributed by atoms with Gasteiger partial charge in [-0.1, -0.05) is 6.07 Å². The smallest absolute Gasteiger partial charge is 0.326 e. The number of carbonyl (C=O) groups is 1. The fourth-order valence-electron chi connectivity index (χ4n) is 1.92. The number of nitrogens with one attached hydrogen (secondary N) is 1. The van der Waals surface area contributed by atoms with Crippen molar-refractivity contribution in [3.05, 3.63) is 22.4 Å². The van der Waals surface area contributed by atoms with Crippen LogP contribution in [0.5, 0.6) is 0 Å². The molecule has 0 amide bonds. The van der Waals surface area contributed by atoms with Crippen LogP contribution in [-0.4, -0.2) is 18.1 Å². The molecule has 0 spiro atoms. The van der Waals surface area contributed by atoms with Crippen molar-refractivity contribution in [2.24, 2.45) is 0 Å². The number of carbonyl (C=O) groups excluding carboxylic acids is 1. The van der Waals surface area contributed by atoms with Gasteiger partial charge in [-0.15, -0.1) is 11.3 Å². The van der Waals surface area contributed by atoms with Crippen molar-refractivity contribution in [2.75, 3.05) is 6.54 Å². The molecule has 1 fully saturated rings. The highest BCUT2D eigenvalue weighted by molar-refractivity contribution is 7.09. The summed E-state index contributed by atoms with van der Waals surface area (Å²) in [5.41, 5.74) is -0.477. The van der Waals surface area contributed by atoms with Gasteiger partial charge < -0.3 is 10.1 Å². The monoisotopic (exact) mass is 239 g/mol. The Labute approximate surface area is 99.8 Å². The quantitative estimate of drug-likeness (QED) is 0.823. The van der Waals surface area contributed by atoms with E-state index in [4.69, 9.17) is 4.74 Å². The zero-order valence-corrected chi connectivity index (χ0v) is 10.3. The summed E-state index contributed by atoms with van der Waals surface area (Å²) in [7, 11) is 0. The maximum absolute atomic E-state index is 11.9. The van der Waals surface area contributed by atoms with Gasteiger partial charge in [0.25, 0.3) is 0 Å². The van der Waals surface area contributed by atoms with Crippen LogP contribution in [0.15, 0.2) is 17.5 Å². The zero-order chi connectivity index (χ0) is 11.4. The number of thiophene rings is 1. The number of piperidine rings is 1. The predicted octanol–water partition coefficient (Wildman–Crippen LogP) is 2.32. The summed E-state index contributed by atoms with van der Waals surface area (Å²) in [6.45, 7) is 3.24. The summed E-state index contributed by atoms with van der Waals surface area (Å²) in [5, 5.41) is 5.24. The summed E-state index contributed by atoms with van der Waals surface area (Å²) in [5.74, 6) is -0.124. The van der Waals surface area contributed by atoms with Gasteiger partial charge in [0.2, 0.25) is 0 Å². The van der Waals surface area contributed by atoms with Gasteiger partial charge in [-0.05, 0) is 44.2 Å². The van der Waals surface area contributed by atoms with Gasteiger partial charge in [0.05, 0.1) is 0 Å². The van der Waals surface area contributed by atoms with Crippen LogP contribution >= 0.6 is 11.3 Å².